The molecule has 3 atom stereocenters. The summed E-state index contributed by atoms with van der Waals surface area (Å²) in [7, 11) is 0. The molecule has 1 heterocycles. The highest BCUT2D eigenvalue weighted by Gasteiger charge is 2.26. The number of hydrogen-bond acceptors (Lipinski definition) is 3. The summed E-state index contributed by atoms with van der Waals surface area (Å²) < 4.78 is 6.99. The zero-order valence-corrected chi connectivity index (χ0v) is 13.9. The number of aliphatic hydroxyl groups excluding tert-OH is 1. The molecule has 0 bridgehead atoms. The summed E-state index contributed by atoms with van der Waals surface area (Å²) in [5, 5.41) is 14.1. The topological polar surface area (TPSA) is 45.4 Å². The van der Waals surface area contributed by atoms with Crippen molar-refractivity contribution in [3.8, 4) is 0 Å². The van der Waals surface area contributed by atoms with Crippen LogP contribution in [0.1, 0.15) is 38.0 Å². The van der Waals surface area contributed by atoms with E-state index in [0.717, 1.165) is 34.2 Å². The molecule has 1 aliphatic carbocycles. The van der Waals surface area contributed by atoms with Crippen LogP contribution in [0.4, 0.5) is 0 Å². The highest BCUT2D eigenvalue weighted by atomic mass is 79.9. The first kappa shape index (κ1) is 15.1. The van der Waals surface area contributed by atoms with Crippen molar-refractivity contribution >= 4 is 26.9 Å². The van der Waals surface area contributed by atoms with Crippen LogP contribution in [0.3, 0.4) is 0 Å². The Morgan fingerprint density at radius 2 is 2.14 bits per heavy atom. The molecule has 3 nitrogen and oxygen atoms in total. The minimum absolute atomic E-state index is 0.191. The lowest BCUT2D eigenvalue weighted by Crippen LogP contribution is -2.28. The lowest BCUT2D eigenvalue weighted by atomic mass is 9.96. The second kappa shape index (κ2) is 6.51. The van der Waals surface area contributed by atoms with Crippen LogP contribution in [0.5, 0.6) is 0 Å². The van der Waals surface area contributed by atoms with Crippen LogP contribution < -0.4 is 5.32 Å². The third-order valence-electron chi connectivity index (χ3n) is 4.66. The van der Waals surface area contributed by atoms with Gasteiger partial charge in [-0.25, -0.2) is 0 Å². The molecule has 1 fully saturated rings. The number of benzene rings is 1. The Morgan fingerprint density at radius 3 is 2.95 bits per heavy atom. The first-order chi connectivity index (χ1) is 10.2. The molecular weight excluding hydrogens is 330 g/mol. The third-order valence-corrected chi connectivity index (χ3v) is 5.15. The van der Waals surface area contributed by atoms with Gasteiger partial charge >= 0.3 is 0 Å². The number of rotatable bonds is 5. The minimum atomic E-state index is 0.191. The van der Waals surface area contributed by atoms with Gasteiger partial charge < -0.3 is 14.8 Å². The van der Waals surface area contributed by atoms with Gasteiger partial charge in [-0.2, -0.15) is 0 Å². The van der Waals surface area contributed by atoms with Crippen molar-refractivity contribution < 1.29 is 9.52 Å². The molecule has 0 aliphatic heterocycles. The summed E-state index contributed by atoms with van der Waals surface area (Å²) in [6, 6.07) is 8.37. The zero-order valence-electron chi connectivity index (χ0n) is 12.3. The highest BCUT2D eigenvalue weighted by Crippen LogP contribution is 2.32. The molecule has 0 amide bonds. The van der Waals surface area contributed by atoms with E-state index < -0.39 is 0 Å². The standard InChI is InChI=1S/C17H22BrNO2/c1-11(19-9-12-3-2-4-13(12)10-20)17-8-14-7-15(18)5-6-16(14)21-17/h5-8,11-13,19-20H,2-4,9-10H2,1H3. The van der Waals surface area contributed by atoms with Gasteiger partial charge in [0.05, 0.1) is 6.04 Å². The second-order valence-electron chi connectivity index (χ2n) is 6.09. The summed E-state index contributed by atoms with van der Waals surface area (Å²) >= 11 is 3.49. The minimum Gasteiger partial charge on any atom is -0.459 e. The van der Waals surface area contributed by atoms with E-state index in [1.165, 1.54) is 12.8 Å². The fraction of sp³-hybridized carbons (Fsp3) is 0.529. The van der Waals surface area contributed by atoms with Gasteiger partial charge in [-0.15, -0.1) is 0 Å². The molecule has 0 spiro atoms. The van der Waals surface area contributed by atoms with Gasteiger partial charge in [0.2, 0.25) is 0 Å². The molecule has 1 aliphatic rings. The van der Waals surface area contributed by atoms with E-state index in [1.807, 2.05) is 12.1 Å². The van der Waals surface area contributed by atoms with Crippen molar-refractivity contribution in [2.75, 3.05) is 13.2 Å². The van der Waals surface area contributed by atoms with E-state index in [1.54, 1.807) is 0 Å². The van der Waals surface area contributed by atoms with Gasteiger partial charge in [0.25, 0.3) is 0 Å². The van der Waals surface area contributed by atoms with Crippen molar-refractivity contribution in [2.45, 2.75) is 32.2 Å². The fourth-order valence-corrected chi connectivity index (χ4v) is 3.68. The first-order valence-corrected chi connectivity index (χ1v) is 8.50. The number of halogens is 1. The average Bonchev–Trinajstić information content (AvgIpc) is 3.10. The third kappa shape index (κ3) is 3.33. The summed E-state index contributed by atoms with van der Waals surface area (Å²) in [6.07, 6.45) is 3.62. The molecule has 4 heteroatoms. The molecule has 1 aromatic heterocycles. The maximum atomic E-state index is 9.39. The normalized spacial score (nSPS) is 23.8. The molecule has 3 rings (SSSR count). The van der Waals surface area contributed by atoms with Crippen LogP contribution in [-0.4, -0.2) is 18.3 Å². The summed E-state index contributed by atoms with van der Waals surface area (Å²) in [5.74, 6) is 2.04. The van der Waals surface area contributed by atoms with Crippen LogP contribution in [0.25, 0.3) is 11.0 Å². The molecule has 1 saturated carbocycles. The monoisotopic (exact) mass is 351 g/mol. The number of fused-ring (bicyclic) bond motifs is 1. The van der Waals surface area contributed by atoms with E-state index >= 15 is 0 Å². The van der Waals surface area contributed by atoms with E-state index in [9.17, 15) is 5.11 Å². The van der Waals surface area contributed by atoms with Gasteiger partial charge in [0.15, 0.2) is 0 Å². The lowest BCUT2D eigenvalue weighted by Gasteiger charge is -2.20. The fourth-order valence-electron chi connectivity index (χ4n) is 3.30. The maximum absolute atomic E-state index is 9.39. The van der Waals surface area contributed by atoms with Crippen LogP contribution in [0.2, 0.25) is 0 Å². The Labute approximate surface area is 133 Å². The number of nitrogens with one attached hydrogen (secondary N) is 1. The number of aliphatic hydroxyl groups is 1. The van der Waals surface area contributed by atoms with Crippen LogP contribution in [0.15, 0.2) is 33.2 Å². The van der Waals surface area contributed by atoms with Gasteiger partial charge in [0, 0.05) is 16.5 Å². The number of furan rings is 1. The van der Waals surface area contributed by atoms with Gasteiger partial charge in [-0.1, -0.05) is 22.4 Å². The highest BCUT2D eigenvalue weighted by molar-refractivity contribution is 9.10. The lowest BCUT2D eigenvalue weighted by molar-refractivity contribution is 0.190. The van der Waals surface area contributed by atoms with Gasteiger partial charge in [-0.05, 0) is 62.4 Å². The number of hydrogen-bond donors (Lipinski definition) is 2. The SMILES string of the molecule is CC(NCC1CCCC1CO)c1cc2cc(Br)ccc2o1. The summed E-state index contributed by atoms with van der Waals surface area (Å²) in [5.41, 5.74) is 0.927. The van der Waals surface area contributed by atoms with E-state index in [4.69, 9.17) is 4.42 Å². The molecule has 1 aromatic carbocycles. The van der Waals surface area contributed by atoms with Crippen molar-refractivity contribution in [3.05, 3.63) is 34.5 Å². The molecule has 2 N–H and O–H groups in total. The Balaban J connectivity index is 1.65. The smallest absolute Gasteiger partial charge is 0.134 e. The molecule has 0 radical (unpaired) electrons. The van der Waals surface area contributed by atoms with Crippen molar-refractivity contribution in [2.24, 2.45) is 11.8 Å². The Kier molecular flexibility index (Phi) is 4.67. The van der Waals surface area contributed by atoms with E-state index in [-0.39, 0.29) is 6.04 Å². The molecule has 21 heavy (non-hydrogen) atoms. The van der Waals surface area contributed by atoms with Gasteiger partial charge in [-0.3, -0.25) is 0 Å². The maximum Gasteiger partial charge on any atom is 0.134 e. The van der Waals surface area contributed by atoms with Gasteiger partial charge in [0.1, 0.15) is 11.3 Å². The largest absolute Gasteiger partial charge is 0.459 e. The van der Waals surface area contributed by atoms with Crippen molar-refractivity contribution in [1.29, 1.82) is 0 Å². The van der Waals surface area contributed by atoms with Crippen LogP contribution in [0, 0.1) is 11.8 Å². The van der Waals surface area contributed by atoms with Crippen LogP contribution in [-0.2, 0) is 0 Å². The predicted molar refractivity (Wildman–Crippen MR) is 88.2 cm³/mol. The van der Waals surface area contributed by atoms with Crippen LogP contribution >= 0.6 is 15.9 Å². The molecule has 114 valence electrons. The predicted octanol–water partition coefficient (Wildman–Crippen LogP) is 4.25. The quantitative estimate of drug-likeness (QED) is 0.845. The van der Waals surface area contributed by atoms with E-state index in [2.05, 4.69) is 40.3 Å². The molecular formula is C17H22BrNO2. The molecule has 3 unspecified atom stereocenters. The molecule has 0 saturated heterocycles. The van der Waals surface area contributed by atoms with Crippen molar-refractivity contribution in [3.63, 3.8) is 0 Å². The zero-order chi connectivity index (χ0) is 14.8. The second-order valence-corrected chi connectivity index (χ2v) is 7.01. The summed E-state index contributed by atoms with van der Waals surface area (Å²) in [4.78, 5) is 0. The Bertz CT molecular complexity index is 610. The molecule has 2 aromatic rings. The summed E-state index contributed by atoms with van der Waals surface area (Å²) in [6.45, 7) is 3.40. The average molecular weight is 352 g/mol. The van der Waals surface area contributed by atoms with E-state index in [0.29, 0.717) is 18.4 Å². The first-order valence-electron chi connectivity index (χ1n) is 7.70. The Hall–Kier alpha value is -0.840. The van der Waals surface area contributed by atoms with Crippen molar-refractivity contribution in [1.82, 2.24) is 5.32 Å². The Morgan fingerprint density at radius 1 is 1.33 bits per heavy atom.